The highest BCUT2D eigenvalue weighted by atomic mass is 16.5. The van der Waals surface area contributed by atoms with E-state index >= 15 is 0 Å². The largest absolute Gasteiger partial charge is 0.490 e. The van der Waals surface area contributed by atoms with Gasteiger partial charge in [0, 0.05) is 26.1 Å². The monoisotopic (exact) mass is 444 g/mol. The van der Waals surface area contributed by atoms with Crippen molar-refractivity contribution < 1.29 is 23.9 Å². The molecule has 0 spiro atoms. The van der Waals surface area contributed by atoms with Gasteiger partial charge in [0.15, 0.2) is 11.5 Å². The second-order valence-electron chi connectivity index (χ2n) is 8.54. The van der Waals surface area contributed by atoms with Crippen LogP contribution in [0.4, 0.5) is 0 Å². The fourth-order valence-corrected chi connectivity index (χ4v) is 4.79. The van der Waals surface area contributed by atoms with Crippen LogP contribution < -0.4 is 9.47 Å². The van der Waals surface area contributed by atoms with Crippen molar-refractivity contribution in [3.8, 4) is 11.5 Å². The van der Waals surface area contributed by atoms with Gasteiger partial charge < -0.3 is 14.4 Å². The van der Waals surface area contributed by atoms with Crippen LogP contribution in [0.15, 0.2) is 18.2 Å². The van der Waals surface area contributed by atoms with Crippen LogP contribution >= 0.6 is 0 Å². The van der Waals surface area contributed by atoms with E-state index in [4.69, 9.17) is 9.47 Å². The standard InChI is InChI=1S/C25H36N2O5/c1-4-14-26(17-18-11-12-21(31-5-2)22(16-18)32-6-3)23(28)13-15-27-24(29)19-9-7-8-10-20(19)25(27)30/h11-12,16,19-20H,4-10,13-15,17H2,1-3H3/t19-,20+. The lowest BCUT2D eigenvalue weighted by atomic mass is 9.81. The number of fused-ring (bicyclic) bond motifs is 1. The molecule has 2 aliphatic rings. The SMILES string of the molecule is CCCN(Cc1ccc(OCC)c(OCC)c1)C(=O)CCN1C(=O)[C@H]2CCCC[C@H]2C1=O. The Balaban J connectivity index is 1.64. The van der Waals surface area contributed by atoms with Crippen LogP contribution in [0.3, 0.4) is 0 Å². The summed E-state index contributed by atoms with van der Waals surface area (Å²) >= 11 is 0. The van der Waals surface area contributed by atoms with Crippen molar-refractivity contribution >= 4 is 17.7 Å². The molecule has 1 heterocycles. The molecule has 2 atom stereocenters. The van der Waals surface area contributed by atoms with Crippen LogP contribution in [0.2, 0.25) is 0 Å². The van der Waals surface area contributed by atoms with Gasteiger partial charge in [-0.3, -0.25) is 19.3 Å². The van der Waals surface area contributed by atoms with Crippen molar-refractivity contribution in [2.24, 2.45) is 11.8 Å². The zero-order chi connectivity index (χ0) is 23.1. The number of carbonyl (C=O) groups excluding carboxylic acids is 3. The first-order valence-electron chi connectivity index (χ1n) is 12.0. The van der Waals surface area contributed by atoms with Crippen LogP contribution in [0.1, 0.15) is 64.9 Å². The zero-order valence-electron chi connectivity index (χ0n) is 19.6. The van der Waals surface area contributed by atoms with Crippen molar-refractivity contribution in [3.63, 3.8) is 0 Å². The first-order valence-corrected chi connectivity index (χ1v) is 12.0. The average molecular weight is 445 g/mol. The van der Waals surface area contributed by atoms with Gasteiger partial charge in [0.25, 0.3) is 0 Å². The molecular weight excluding hydrogens is 408 g/mol. The molecule has 1 aromatic rings. The van der Waals surface area contributed by atoms with Gasteiger partial charge in [-0.25, -0.2) is 0 Å². The van der Waals surface area contributed by atoms with Gasteiger partial charge in [-0.1, -0.05) is 25.8 Å². The van der Waals surface area contributed by atoms with E-state index in [1.165, 1.54) is 4.90 Å². The predicted octanol–water partition coefficient (Wildman–Crippen LogP) is 3.79. The summed E-state index contributed by atoms with van der Waals surface area (Å²) in [5, 5.41) is 0. The number of rotatable bonds is 11. The van der Waals surface area contributed by atoms with Gasteiger partial charge in [0.2, 0.25) is 17.7 Å². The number of likely N-dealkylation sites (tertiary alicyclic amines) is 1. The van der Waals surface area contributed by atoms with Crippen molar-refractivity contribution in [3.05, 3.63) is 23.8 Å². The van der Waals surface area contributed by atoms with E-state index in [0.717, 1.165) is 37.7 Å². The maximum absolute atomic E-state index is 13.0. The lowest BCUT2D eigenvalue weighted by Crippen LogP contribution is -2.37. The van der Waals surface area contributed by atoms with E-state index < -0.39 is 0 Å². The molecule has 1 aliphatic carbocycles. The molecular formula is C25H36N2O5. The molecule has 7 nitrogen and oxygen atoms in total. The van der Waals surface area contributed by atoms with Crippen molar-refractivity contribution in [1.82, 2.24) is 9.80 Å². The summed E-state index contributed by atoms with van der Waals surface area (Å²) in [6.45, 7) is 8.20. The Morgan fingerprint density at radius 1 is 1.00 bits per heavy atom. The number of hydrogen-bond acceptors (Lipinski definition) is 5. The van der Waals surface area contributed by atoms with Crippen molar-refractivity contribution in [2.75, 3.05) is 26.3 Å². The summed E-state index contributed by atoms with van der Waals surface area (Å²) < 4.78 is 11.3. The smallest absolute Gasteiger partial charge is 0.233 e. The Morgan fingerprint density at radius 3 is 2.22 bits per heavy atom. The maximum Gasteiger partial charge on any atom is 0.233 e. The Bertz CT molecular complexity index is 801. The molecule has 1 saturated carbocycles. The normalized spacial score (nSPS) is 20.3. The van der Waals surface area contributed by atoms with E-state index in [-0.39, 0.29) is 42.5 Å². The molecule has 32 heavy (non-hydrogen) atoms. The quantitative estimate of drug-likeness (QED) is 0.486. The number of carbonyl (C=O) groups is 3. The van der Waals surface area contributed by atoms with Gasteiger partial charge >= 0.3 is 0 Å². The lowest BCUT2D eigenvalue weighted by molar-refractivity contribution is -0.141. The first-order chi connectivity index (χ1) is 15.5. The highest BCUT2D eigenvalue weighted by molar-refractivity contribution is 6.05. The average Bonchev–Trinajstić information content (AvgIpc) is 3.04. The Morgan fingerprint density at radius 2 is 1.62 bits per heavy atom. The van der Waals surface area contributed by atoms with Crippen LogP contribution in [0.25, 0.3) is 0 Å². The topological polar surface area (TPSA) is 76.2 Å². The van der Waals surface area contributed by atoms with Crippen LogP contribution in [-0.2, 0) is 20.9 Å². The molecule has 0 aromatic heterocycles. The van der Waals surface area contributed by atoms with E-state index in [0.29, 0.717) is 37.8 Å². The second-order valence-corrected chi connectivity index (χ2v) is 8.54. The van der Waals surface area contributed by atoms with Gasteiger partial charge in [0.05, 0.1) is 25.0 Å². The van der Waals surface area contributed by atoms with Gasteiger partial charge in [-0.15, -0.1) is 0 Å². The summed E-state index contributed by atoms with van der Waals surface area (Å²) in [6, 6.07) is 5.74. The molecule has 176 valence electrons. The number of ether oxygens (including phenoxy) is 2. The van der Waals surface area contributed by atoms with E-state index in [2.05, 4.69) is 0 Å². The summed E-state index contributed by atoms with van der Waals surface area (Å²) in [5.74, 6) is 0.822. The summed E-state index contributed by atoms with van der Waals surface area (Å²) in [5.41, 5.74) is 0.957. The van der Waals surface area contributed by atoms with Crippen molar-refractivity contribution in [1.29, 1.82) is 0 Å². The van der Waals surface area contributed by atoms with Gasteiger partial charge in [-0.05, 0) is 50.8 Å². The molecule has 3 amide bonds. The first kappa shape index (κ1) is 24.1. The Kier molecular flexibility index (Phi) is 8.53. The minimum Gasteiger partial charge on any atom is -0.490 e. The minimum absolute atomic E-state index is 0.0471. The van der Waals surface area contributed by atoms with Crippen molar-refractivity contribution in [2.45, 2.75) is 65.8 Å². The minimum atomic E-state index is -0.168. The highest BCUT2D eigenvalue weighted by Crippen LogP contribution is 2.38. The Labute approximate surface area is 191 Å². The van der Waals surface area contributed by atoms with Crippen LogP contribution in [0.5, 0.6) is 11.5 Å². The fraction of sp³-hybridized carbons (Fsp3) is 0.640. The maximum atomic E-state index is 13.0. The van der Waals surface area contributed by atoms with E-state index in [1.54, 1.807) is 4.90 Å². The molecule has 1 aromatic carbocycles. The number of nitrogens with zero attached hydrogens (tertiary/aromatic N) is 2. The molecule has 0 radical (unpaired) electrons. The number of amides is 3. The molecule has 1 saturated heterocycles. The summed E-state index contributed by atoms with van der Waals surface area (Å²) in [6.07, 6.45) is 4.58. The zero-order valence-corrected chi connectivity index (χ0v) is 19.6. The molecule has 0 N–H and O–H groups in total. The molecule has 1 aliphatic heterocycles. The predicted molar refractivity (Wildman–Crippen MR) is 121 cm³/mol. The Hall–Kier alpha value is -2.57. The number of hydrogen-bond donors (Lipinski definition) is 0. The highest BCUT2D eigenvalue weighted by Gasteiger charge is 2.47. The van der Waals surface area contributed by atoms with E-state index in [1.807, 2.05) is 39.0 Å². The fourth-order valence-electron chi connectivity index (χ4n) is 4.79. The molecule has 3 rings (SSSR count). The summed E-state index contributed by atoms with van der Waals surface area (Å²) in [7, 11) is 0. The second kappa shape index (κ2) is 11.3. The third kappa shape index (κ3) is 5.43. The molecule has 0 unspecified atom stereocenters. The van der Waals surface area contributed by atoms with Crippen LogP contribution in [0, 0.1) is 11.8 Å². The molecule has 7 heteroatoms. The van der Waals surface area contributed by atoms with Gasteiger partial charge in [0.1, 0.15) is 0 Å². The summed E-state index contributed by atoms with van der Waals surface area (Å²) in [4.78, 5) is 41.5. The van der Waals surface area contributed by atoms with Crippen LogP contribution in [-0.4, -0.2) is 53.8 Å². The van der Waals surface area contributed by atoms with E-state index in [9.17, 15) is 14.4 Å². The third-order valence-corrected chi connectivity index (χ3v) is 6.31. The number of imide groups is 1. The molecule has 0 bridgehead atoms. The van der Waals surface area contributed by atoms with Gasteiger partial charge in [-0.2, -0.15) is 0 Å². The lowest BCUT2D eigenvalue weighted by Gasteiger charge is -2.24. The number of benzene rings is 1. The molecule has 2 fully saturated rings. The third-order valence-electron chi connectivity index (χ3n) is 6.31.